The van der Waals surface area contributed by atoms with E-state index in [0.717, 1.165) is 10.3 Å². The molecule has 1 aliphatic heterocycles. The fourth-order valence-corrected chi connectivity index (χ4v) is 2.28. The minimum atomic E-state index is -0.627. The second kappa shape index (κ2) is 6.20. The Labute approximate surface area is 119 Å². The van der Waals surface area contributed by atoms with Crippen LogP contribution in [0.2, 0.25) is 0 Å². The molecule has 4 heteroatoms. The minimum absolute atomic E-state index is 0.250. The van der Waals surface area contributed by atoms with Crippen molar-refractivity contribution in [3.05, 3.63) is 53.8 Å². The van der Waals surface area contributed by atoms with E-state index >= 15 is 0 Å². The molecular formula is C16H21NO3. The van der Waals surface area contributed by atoms with Crippen molar-refractivity contribution in [1.29, 1.82) is 0 Å². The average molecular weight is 275 g/mol. The van der Waals surface area contributed by atoms with Crippen LogP contribution in [0.15, 0.2) is 43.0 Å². The smallest absolute Gasteiger partial charge is 0.194 e. The zero-order valence-electron chi connectivity index (χ0n) is 12.0. The summed E-state index contributed by atoms with van der Waals surface area (Å²) in [6.45, 7) is 7.86. The molecule has 108 valence electrons. The van der Waals surface area contributed by atoms with E-state index in [1.54, 1.807) is 12.3 Å². The molecule has 0 aromatic heterocycles. The number of benzene rings is 1. The van der Waals surface area contributed by atoms with Gasteiger partial charge in [0.1, 0.15) is 6.10 Å². The van der Waals surface area contributed by atoms with Crippen molar-refractivity contribution in [2.45, 2.75) is 38.2 Å². The van der Waals surface area contributed by atoms with Gasteiger partial charge in [0.05, 0.1) is 6.61 Å². The second-order valence-corrected chi connectivity index (χ2v) is 5.36. The van der Waals surface area contributed by atoms with E-state index in [1.165, 1.54) is 0 Å². The van der Waals surface area contributed by atoms with Crippen molar-refractivity contribution in [3.63, 3.8) is 0 Å². The summed E-state index contributed by atoms with van der Waals surface area (Å²) in [5.74, 6) is -0.627. The summed E-state index contributed by atoms with van der Waals surface area (Å²) in [6, 6.07) is 9.19. The largest absolute Gasteiger partial charge is 0.623 e. The van der Waals surface area contributed by atoms with Gasteiger partial charge < -0.3 is 14.7 Å². The predicted molar refractivity (Wildman–Crippen MR) is 78.7 cm³/mol. The van der Waals surface area contributed by atoms with E-state index in [-0.39, 0.29) is 12.1 Å². The summed E-state index contributed by atoms with van der Waals surface area (Å²) in [6.07, 6.45) is 3.63. The standard InChI is InChI=1S/C16H21NO3/c1-4-8-14(15-12-19-16(2,3)20-15)17(18)11-13-9-6-5-7-10-13/h4-7,9-11,14-15H,1,8,12H2,2-3H3/b17-11-/t14-,15-/m1/s1. The van der Waals surface area contributed by atoms with Crippen molar-refractivity contribution in [2.75, 3.05) is 6.61 Å². The molecule has 0 spiro atoms. The predicted octanol–water partition coefficient (Wildman–Crippen LogP) is 2.71. The van der Waals surface area contributed by atoms with E-state index < -0.39 is 5.79 Å². The Morgan fingerprint density at radius 1 is 1.45 bits per heavy atom. The third-order valence-electron chi connectivity index (χ3n) is 3.27. The lowest BCUT2D eigenvalue weighted by atomic mass is 10.1. The van der Waals surface area contributed by atoms with Gasteiger partial charge in [0, 0.05) is 12.0 Å². The molecule has 1 heterocycles. The number of ether oxygens (including phenoxy) is 2. The molecule has 0 bridgehead atoms. The molecular weight excluding hydrogens is 254 g/mol. The number of hydrogen-bond acceptors (Lipinski definition) is 3. The van der Waals surface area contributed by atoms with Gasteiger partial charge in [0.2, 0.25) is 0 Å². The van der Waals surface area contributed by atoms with Gasteiger partial charge in [-0.2, -0.15) is 0 Å². The normalized spacial score (nSPS) is 23.5. The highest BCUT2D eigenvalue weighted by Gasteiger charge is 2.40. The first-order chi connectivity index (χ1) is 9.52. The Kier molecular flexibility index (Phi) is 4.57. The zero-order chi connectivity index (χ0) is 14.6. The summed E-state index contributed by atoms with van der Waals surface area (Å²) in [4.78, 5) is 0. The van der Waals surface area contributed by atoms with E-state index in [4.69, 9.17) is 9.47 Å². The van der Waals surface area contributed by atoms with Crippen LogP contribution in [-0.4, -0.2) is 35.5 Å². The Morgan fingerprint density at radius 2 is 2.15 bits per heavy atom. The summed E-state index contributed by atoms with van der Waals surface area (Å²) in [5.41, 5.74) is 0.870. The molecule has 1 aromatic carbocycles. The van der Waals surface area contributed by atoms with Gasteiger partial charge in [-0.15, -0.1) is 6.58 Å². The molecule has 1 saturated heterocycles. The van der Waals surface area contributed by atoms with Crippen molar-refractivity contribution in [2.24, 2.45) is 0 Å². The Morgan fingerprint density at radius 3 is 2.70 bits per heavy atom. The van der Waals surface area contributed by atoms with E-state index in [0.29, 0.717) is 13.0 Å². The fourth-order valence-electron chi connectivity index (χ4n) is 2.28. The molecule has 0 aliphatic carbocycles. The van der Waals surface area contributed by atoms with Crippen LogP contribution in [0.1, 0.15) is 25.8 Å². The fraction of sp³-hybridized carbons (Fsp3) is 0.438. The lowest BCUT2D eigenvalue weighted by Gasteiger charge is -2.22. The Hall–Kier alpha value is -1.65. The minimum Gasteiger partial charge on any atom is -0.623 e. The Balaban J connectivity index is 2.16. The van der Waals surface area contributed by atoms with Gasteiger partial charge in [-0.25, -0.2) is 4.74 Å². The first-order valence-corrected chi connectivity index (χ1v) is 6.80. The van der Waals surface area contributed by atoms with Crippen LogP contribution < -0.4 is 0 Å². The highest BCUT2D eigenvalue weighted by molar-refractivity contribution is 5.75. The SMILES string of the molecule is C=CC[C@H]([C@H]1COC(C)(C)O1)/[N+]([O-])=C/c1ccccc1. The van der Waals surface area contributed by atoms with Crippen LogP contribution in [0, 0.1) is 5.21 Å². The van der Waals surface area contributed by atoms with Gasteiger partial charge in [-0.3, -0.25) is 0 Å². The molecule has 1 fully saturated rings. The van der Waals surface area contributed by atoms with Crippen LogP contribution >= 0.6 is 0 Å². The summed E-state index contributed by atoms with van der Waals surface area (Å²) in [5, 5.41) is 12.4. The summed E-state index contributed by atoms with van der Waals surface area (Å²) in [7, 11) is 0. The summed E-state index contributed by atoms with van der Waals surface area (Å²) < 4.78 is 12.3. The maximum atomic E-state index is 12.4. The van der Waals surface area contributed by atoms with Crippen LogP contribution in [-0.2, 0) is 9.47 Å². The van der Waals surface area contributed by atoms with E-state index in [2.05, 4.69) is 6.58 Å². The van der Waals surface area contributed by atoms with Crippen molar-refractivity contribution >= 4 is 6.21 Å². The van der Waals surface area contributed by atoms with Gasteiger partial charge in [0.15, 0.2) is 18.0 Å². The number of hydroxylamine groups is 1. The third kappa shape index (κ3) is 3.68. The quantitative estimate of drug-likeness (QED) is 0.273. The molecule has 0 unspecified atom stereocenters. The number of nitrogens with zero attached hydrogens (tertiary/aromatic N) is 1. The van der Waals surface area contributed by atoms with Gasteiger partial charge in [0.25, 0.3) is 0 Å². The molecule has 20 heavy (non-hydrogen) atoms. The first kappa shape index (κ1) is 14.8. The van der Waals surface area contributed by atoms with Gasteiger partial charge in [-0.05, 0) is 26.0 Å². The van der Waals surface area contributed by atoms with Gasteiger partial charge >= 0.3 is 0 Å². The molecule has 2 atom stereocenters. The maximum absolute atomic E-state index is 12.4. The van der Waals surface area contributed by atoms with Crippen molar-refractivity contribution in [1.82, 2.24) is 0 Å². The van der Waals surface area contributed by atoms with Gasteiger partial charge in [-0.1, -0.05) is 24.3 Å². The molecule has 0 amide bonds. The highest BCUT2D eigenvalue weighted by atomic mass is 16.7. The topological polar surface area (TPSA) is 44.5 Å². The third-order valence-corrected chi connectivity index (χ3v) is 3.27. The molecule has 1 aromatic rings. The van der Waals surface area contributed by atoms with Crippen LogP contribution in [0.25, 0.3) is 0 Å². The van der Waals surface area contributed by atoms with E-state index in [1.807, 2.05) is 44.2 Å². The molecule has 2 rings (SSSR count). The number of hydrogen-bond donors (Lipinski definition) is 0. The molecule has 0 radical (unpaired) electrons. The molecule has 1 aliphatic rings. The van der Waals surface area contributed by atoms with E-state index in [9.17, 15) is 5.21 Å². The van der Waals surface area contributed by atoms with Crippen LogP contribution in [0.5, 0.6) is 0 Å². The summed E-state index contributed by atoms with van der Waals surface area (Å²) >= 11 is 0. The monoisotopic (exact) mass is 275 g/mol. The average Bonchev–Trinajstić information content (AvgIpc) is 2.77. The number of rotatable bonds is 5. The van der Waals surface area contributed by atoms with Crippen molar-refractivity contribution in [3.8, 4) is 0 Å². The van der Waals surface area contributed by atoms with Crippen LogP contribution in [0.4, 0.5) is 0 Å². The second-order valence-electron chi connectivity index (χ2n) is 5.36. The van der Waals surface area contributed by atoms with Crippen molar-refractivity contribution < 1.29 is 14.2 Å². The lowest BCUT2D eigenvalue weighted by Crippen LogP contribution is -2.38. The highest BCUT2D eigenvalue weighted by Crippen LogP contribution is 2.26. The maximum Gasteiger partial charge on any atom is 0.194 e. The Bertz CT molecular complexity index is 482. The molecule has 4 nitrogen and oxygen atoms in total. The first-order valence-electron chi connectivity index (χ1n) is 6.80. The molecule has 0 saturated carbocycles. The molecule has 0 N–H and O–H groups in total. The van der Waals surface area contributed by atoms with Crippen LogP contribution in [0.3, 0.4) is 0 Å². The lowest BCUT2D eigenvalue weighted by molar-refractivity contribution is -0.509. The zero-order valence-corrected chi connectivity index (χ0v) is 12.0.